The molecule has 0 unspecified atom stereocenters. The van der Waals surface area contributed by atoms with Crippen LogP contribution in [0.3, 0.4) is 0 Å². The first-order chi connectivity index (χ1) is 11.9. The number of nitrogens with zero attached hydrogens (tertiary/aromatic N) is 3. The minimum absolute atomic E-state index is 0.724. The number of hydrogen-bond acceptors (Lipinski definition) is 4. The van der Waals surface area contributed by atoms with Gasteiger partial charge in [-0.3, -0.25) is 15.5 Å². The normalized spacial score (nSPS) is 13.1. The van der Waals surface area contributed by atoms with E-state index in [0.29, 0.717) is 0 Å². The van der Waals surface area contributed by atoms with Crippen molar-refractivity contribution in [2.24, 2.45) is 0 Å². The first kappa shape index (κ1) is 13.1. The van der Waals surface area contributed by atoms with Crippen LogP contribution < -0.4 is 10.4 Å². The zero-order valence-corrected chi connectivity index (χ0v) is 12.9. The molecule has 0 spiro atoms. The predicted molar refractivity (Wildman–Crippen MR) is 95.6 cm³/mol. The largest absolute Gasteiger partial charge is 0.298 e. The van der Waals surface area contributed by atoms with Crippen molar-refractivity contribution in [3.05, 3.63) is 72.6 Å². The van der Waals surface area contributed by atoms with Crippen LogP contribution in [0.2, 0.25) is 0 Å². The summed E-state index contributed by atoms with van der Waals surface area (Å²) in [7, 11) is 0. The average Bonchev–Trinajstić information content (AvgIpc) is 3.30. The Kier molecular flexibility index (Phi) is 2.79. The van der Waals surface area contributed by atoms with Gasteiger partial charge in [-0.2, -0.15) is 5.10 Å². The molecule has 2 heterocycles. The Morgan fingerprint density at radius 1 is 0.958 bits per heavy atom. The molecule has 0 amide bonds. The fourth-order valence-corrected chi connectivity index (χ4v) is 3.27. The van der Waals surface area contributed by atoms with Crippen molar-refractivity contribution in [1.82, 2.24) is 15.2 Å². The van der Waals surface area contributed by atoms with E-state index in [-0.39, 0.29) is 0 Å². The number of aromatic nitrogens is 3. The molecule has 0 saturated heterocycles. The number of rotatable bonds is 2. The lowest BCUT2D eigenvalue weighted by atomic mass is 10.1. The zero-order chi connectivity index (χ0) is 15.9. The maximum absolute atomic E-state index is 4.23. The molecule has 24 heavy (non-hydrogen) atoms. The van der Waals surface area contributed by atoms with Gasteiger partial charge >= 0.3 is 0 Å². The van der Waals surface area contributed by atoms with Crippen molar-refractivity contribution < 1.29 is 0 Å². The van der Waals surface area contributed by atoms with Gasteiger partial charge in [0.25, 0.3) is 0 Å². The number of H-pyrrole nitrogens is 1. The summed E-state index contributed by atoms with van der Waals surface area (Å²) in [5, 5.41) is 11.6. The van der Waals surface area contributed by atoms with Crippen LogP contribution in [-0.2, 0) is 6.54 Å². The third-order valence-corrected chi connectivity index (χ3v) is 4.42. The van der Waals surface area contributed by atoms with Crippen molar-refractivity contribution in [2.45, 2.75) is 6.54 Å². The number of anilines is 2. The molecule has 0 saturated carbocycles. The van der Waals surface area contributed by atoms with E-state index in [9.17, 15) is 0 Å². The molecular formula is C19H15N5. The van der Waals surface area contributed by atoms with Gasteiger partial charge in [0, 0.05) is 10.9 Å². The fourth-order valence-electron chi connectivity index (χ4n) is 3.27. The van der Waals surface area contributed by atoms with Gasteiger partial charge in [-0.25, -0.2) is 4.98 Å². The third kappa shape index (κ3) is 2.02. The number of benzene rings is 3. The summed E-state index contributed by atoms with van der Waals surface area (Å²) < 4.78 is 0. The van der Waals surface area contributed by atoms with E-state index in [2.05, 4.69) is 80.2 Å². The predicted octanol–water partition coefficient (Wildman–Crippen LogP) is 3.97. The monoisotopic (exact) mass is 313 g/mol. The lowest BCUT2D eigenvalue weighted by Gasteiger charge is -2.20. The SMILES string of the molecule is c1ccc2c(N3Cc4cc(-c5nc[nH]n5)ccc4N3)cccc2c1. The van der Waals surface area contributed by atoms with Crippen LogP contribution in [0, 0.1) is 0 Å². The summed E-state index contributed by atoms with van der Waals surface area (Å²) in [6.45, 7) is 0.807. The van der Waals surface area contributed by atoms with Crippen molar-refractivity contribution in [3.8, 4) is 11.4 Å². The fraction of sp³-hybridized carbons (Fsp3) is 0.0526. The molecule has 0 fully saturated rings. The molecule has 0 atom stereocenters. The van der Waals surface area contributed by atoms with Crippen LogP contribution in [0.5, 0.6) is 0 Å². The smallest absolute Gasteiger partial charge is 0.180 e. The van der Waals surface area contributed by atoms with Gasteiger partial charge < -0.3 is 0 Å². The topological polar surface area (TPSA) is 56.8 Å². The number of fused-ring (bicyclic) bond motifs is 2. The summed E-state index contributed by atoms with van der Waals surface area (Å²) in [5.74, 6) is 0.724. The molecule has 0 bridgehead atoms. The van der Waals surface area contributed by atoms with Crippen molar-refractivity contribution in [3.63, 3.8) is 0 Å². The Morgan fingerprint density at radius 3 is 2.79 bits per heavy atom. The Labute approximate surface area is 138 Å². The van der Waals surface area contributed by atoms with Gasteiger partial charge in [-0.15, -0.1) is 0 Å². The first-order valence-electron chi connectivity index (χ1n) is 7.89. The second-order valence-corrected chi connectivity index (χ2v) is 5.89. The van der Waals surface area contributed by atoms with E-state index >= 15 is 0 Å². The molecule has 0 radical (unpaired) electrons. The van der Waals surface area contributed by atoms with E-state index in [1.165, 1.54) is 22.0 Å². The van der Waals surface area contributed by atoms with Gasteiger partial charge in [0.15, 0.2) is 5.82 Å². The summed E-state index contributed by atoms with van der Waals surface area (Å²) in [6.07, 6.45) is 1.60. The Hall–Kier alpha value is -3.34. The second-order valence-electron chi connectivity index (χ2n) is 5.89. The average molecular weight is 313 g/mol. The highest BCUT2D eigenvalue weighted by Crippen LogP contribution is 2.35. The molecule has 1 aromatic heterocycles. The molecule has 3 aromatic carbocycles. The summed E-state index contributed by atoms with van der Waals surface area (Å²) in [5.41, 5.74) is 8.08. The lowest BCUT2D eigenvalue weighted by molar-refractivity contribution is 0.976. The number of hydrazine groups is 1. The molecule has 5 heteroatoms. The standard InChI is InChI=1S/C19H15N5/c1-2-6-16-13(4-1)5-3-7-18(16)24-11-15-10-14(8-9-17(15)23-24)19-20-12-21-22-19/h1-10,12,23H,11H2,(H,20,21,22). The van der Waals surface area contributed by atoms with E-state index in [4.69, 9.17) is 0 Å². The highest BCUT2D eigenvalue weighted by molar-refractivity contribution is 5.95. The van der Waals surface area contributed by atoms with Gasteiger partial charge in [0.1, 0.15) is 6.33 Å². The van der Waals surface area contributed by atoms with Gasteiger partial charge in [0.2, 0.25) is 0 Å². The molecule has 5 nitrogen and oxygen atoms in total. The van der Waals surface area contributed by atoms with Crippen LogP contribution in [0.4, 0.5) is 11.4 Å². The van der Waals surface area contributed by atoms with Gasteiger partial charge in [-0.1, -0.05) is 36.4 Å². The molecule has 4 aromatic rings. The van der Waals surface area contributed by atoms with Crippen LogP contribution in [0.15, 0.2) is 67.0 Å². The van der Waals surface area contributed by atoms with Crippen LogP contribution in [-0.4, -0.2) is 15.2 Å². The molecule has 5 rings (SSSR count). The molecule has 2 N–H and O–H groups in total. The quantitative estimate of drug-likeness (QED) is 0.588. The molecule has 0 aliphatic carbocycles. The van der Waals surface area contributed by atoms with Gasteiger partial charge in [-0.05, 0) is 35.2 Å². The highest BCUT2D eigenvalue weighted by Gasteiger charge is 2.21. The maximum atomic E-state index is 4.23. The second kappa shape index (κ2) is 5.09. The van der Waals surface area contributed by atoms with Crippen molar-refractivity contribution in [1.29, 1.82) is 0 Å². The summed E-state index contributed by atoms with van der Waals surface area (Å²) >= 11 is 0. The summed E-state index contributed by atoms with van der Waals surface area (Å²) in [4.78, 5) is 4.23. The highest BCUT2D eigenvalue weighted by atomic mass is 15.5. The molecule has 1 aliphatic rings. The Balaban J connectivity index is 1.53. The molecule has 116 valence electrons. The number of aromatic amines is 1. The van der Waals surface area contributed by atoms with E-state index in [0.717, 1.165) is 23.6 Å². The maximum Gasteiger partial charge on any atom is 0.180 e. The van der Waals surface area contributed by atoms with Crippen LogP contribution in [0.25, 0.3) is 22.2 Å². The first-order valence-corrected chi connectivity index (χ1v) is 7.89. The zero-order valence-electron chi connectivity index (χ0n) is 12.9. The van der Waals surface area contributed by atoms with E-state index in [1.807, 2.05) is 6.07 Å². The Morgan fingerprint density at radius 2 is 1.88 bits per heavy atom. The molecular weight excluding hydrogens is 298 g/mol. The lowest BCUT2D eigenvalue weighted by Crippen LogP contribution is -2.22. The van der Waals surface area contributed by atoms with Crippen molar-refractivity contribution in [2.75, 3.05) is 10.4 Å². The van der Waals surface area contributed by atoms with E-state index in [1.54, 1.807) is 6.33 Å². The molecule has 1 aliphatic heterocycles. The van der Waals surface area contributed by atoms with Crippen molar-refractivity contribution >= 4 is 22.1 Å². The minimum atomic E-state index is 0.724. The van der Waals surface area contributed by atoms with Gasteiger partial charge in [0.05, 0.1) is 17.9 Å². The van der Waals surface area contributed by atoms with Crippen LogP contribution in [0.1, 0.15) is 5.56 Å². The minimum Gasteiger partial charge on any atom is -0.298 e. The number of nitrogens with one attached hydrogen (secondary N) is 2. The van der Waals surface area contributed by atoms with Crippen LogP contribution >= 0.6 is 0 Å². The Bertz CT molecular complexity index is 1020. The summed E-state index contributed by atoms with van der Waals surface area (Å²) in [6, 6.07) is 21.1. The third-order valence-electron chi connectivity index (χ3n) is 4.42. The number of hydrogen-bond donors (Lipinski definition) is 2. The van der Waals surface area contributed by atoms with E-state index < -0.39 is 0 Å².